The van der Waals surface area contributed by atoms with Gasteiger partial charge < -0.3 is 4.74 Å². The SMILES string of the molecule is CC(C)=COCCCC1CS1. The molecule has 0 aromatic heterocycles. The predicted molar refractivity (Wildman–Crippen MR) is 50.9 cm³/mol. The summed E-state index contributed by atoms with van der Waals surface area (Å²) in [5.41, 5.74) is 1.24. The standard InChI is InChI=1S/C9H16OS/c1-8(2)6-10-5-3-4-9-7-11-9/h6,9H,3-5,7H2,1-2H3. The van der Waals surface area contributed by atoms with Crippen molar-refractivity contribution in [1.29, 1.82) is 0 Å². The summed E-state index contributed by atoms with van der Waals surface area (Å²) in [7, 11) is 0. The summed E-state index contributed by atoms with van der Waals surface area (Å²) in [6, 6.07) is 0. The molecule has 1 nitrogen and oxygen atoms in total. The third-order valence-corrected chi connectivity index (χ3v) is 2.55. The highest BCUT2D eigenvalue weighted by atomic mass is 32.2. The molecule has 0 aromatic rings. The molecule has 1 unspecified atom stereocenters. The molecule has 1 fully saturated rings. The van der Waals surface area contributed by atoms with Crippen LogP contribution in [0.4, 0.5) is 0 Å². The Bertz CT molecular complexity index is 134. The fourth-order valence-electron chi connectivity index (χ4n) is 0.855. The fourth-order valence-corrected chi connectivity index (χ4v) is 1.49. The second-order valence-corrected chi connectivity index (χ2v) is 4.50. The second kappa shape index (κ2) is 4.70. The van der Waals surface area contributed by atoms with E-state index >= 15 is 0 Å². The Hall–Kier alpha value is -0.110. The van der Waals surface area contributed by atoms with Crippen molar-refractivity contribution in [2.75, 3.05) is 12.4 Å². The van der Waals surface area contributed by atoms with E-state index in [0.717, 1.165) is 11.9 Å². The molecule has 0 radical (unpaired) electrons. The molecule has 0 aromatic carbocycles. The van der Waals surface area contributed by atoms with Crippen LogP contribution in [-0.4, -0.2) is 17.6 Å². The van der Waals surface area contributed by atoms with Crippen LogP contribution in [-0.2, 0) is 4.74 Å². The molecular formula is C9H16OS. The van der Waals surface area contributed by atoms with Gasteiger partial charge >= 0.3 is 0 Å². The molecule has 64 valence electrons. The Morgan fingerprint density at radius 3 is 2.91 bits per heavy atom. The number of allylic oxidation sites excluding steroid dienone is 1. The first-order valence-electron chi connectivity index (χ1n) is 4.15. The first kappa shape index (κ1) is 8.98. The van der Waals surface area contributed by atoms with Crippen LogP contribution in [0.15, 0.2) is 11.8 Å². The van der Waals surface area contributed by atoms with E-state index in [1.54, 1.807) is 0 Å². The normalized spacial score (nSPS) is 21.1. The van der Waals surface area contributed by atoms with Gasteiger partial charge in [0.2, 0.25) is 0 Å². The smallest absolute Gasteiger partial charge is 0.0873 e. The molecular weight excluding hydrogens is 156 g/mol. The highest BCUT2D eigenvalue weighted by Gasteiger charge is 2.20. The van der Waals surface area contributed by atoms with Crippen molar-refractivity contribution in [2.24, 2.45) is 0 Å². The first-order chi connectivity index (χ1) is 5.29. The van der Waals surface area contributed by atoms with Gasteiger partial charge in [-0.05, 0) is 32.3 Å². The van der Waals surface area contributed by atoms with Gasteiger partial charge in [-0.3, -0.25) is 0 Å². The van der Waals surface area contributed by atoms with E-state index < -0.39 is 0 Å². The average Bonchev–Trinajstić information content (AvgIpc) is 2.70. The lowest BCUT2D eigenvalue weighted by atomic mass is 10.3. The molecule has 0 amide bonds. The molecule has 0 saturated carbocycles. The lowest BCUT2D eigenvalue weighted by molar-refractivity contribution is 0.240. The van der Waals surface area contributed by atoms with Crippen LogP contribution < -0.4 is 0 Å². The van der Waals surface area contributed by atoms with E-state index in [9.17, 15) is 0 Å². The zero-order valence-corrected chi connectivity index (χ0v) is 8.12. The lowest BCUT2D eigenvalue weighted by Gasteiger charge is -1.99. The van der Waals surface area contributed by atoms with Gasteiger partial charge in [-0.1, -0.05) is 0 Å². The molecule has 1 aliphatic rings. The summed E-state index contributed by atoms with van der Waals surface area (Å²) in [4.78, 5) is 0. The van der Waals surface area contributed by atoms with Crippen molar-refractivity contribution >= 4 is 11.8 Å². The molecule has 0 aliphatic carbocycles. The molecule has 1 atom stereocenters. The molecule has 1 rings (SSSR count). The van der Waals surface area contributed by atoms with E-state index in [-0.39, 0.29) is 0 Å². The average molecular weight is 172 g/mol. The predicted octanol–water partition coefficient (Wildman–Crippen LogP) is 2.82. The highest BCUT2D eigenvalue weighted by molar-refractivity contribution is 8.06. The maximum Gasteiger partial charge on any atom is 0.0873 e. The van der Waals surface area contributed by atoms with Gasteiger partial charge in [-0.15, -0.1) is 0 Å². The number of ether oxygens (including phenoxy) is 1. The van der Waals surface area contributed by atoms with Crippen molar-refractivity contribution in [3.05, 3.63) is 11.8 Å². The zero-order valence-electron chi connectivity index (χ0n) is 7.30. The number of thioether (sulfide) groups is 1. The van der Waals surface area contributed by atoms with E-state index in [2.05, 4.69) is 25.6 Å². The number of rotatable bonds is 5. The molecule has 2 heteroatoms. The third-order valence-electron chi connectivity index (χ3n) is 1.51. The monoisotopic (exact) mass is 172 g/mol. The fraction of sp³-hybridized carbons (Fsp3) is 0.778. The minimum absolute atomic E-state index is 0.891. The van der Waals surface area contributed by atoms with Crippen molar-refractivity contribution in [3.8, 4) is 0 Å². The van der Waals surface area contributed by atoms with Crippen LogP contribution in [0.5, 0.6) is 0 Å². The van der Waals surface area contributed by atoms with Gasteiger partial charge in [0, 0.05) is 11.0 Å². The number of hydrogen-bond acceptors (Lipinski definition) is 2. The Morgan fingerprint density at radius 2 is 2.36 bits per heavy atom. The van der Waals surface area contributed by atoms with Gasteiger partial charge in [0.1, 0.15) is 0 Å². The Kier molecular flexibility index (Phi) is 3.84. The van der Waals surface area contributed by atoms with Crippen LogP contribution >= 0.6 is 11.8 Å². The molecule has 1 heterocycles. The quantitative estimate of drug-likeness (QED) is 0.358. The van der Waals surface area contributed by atoms with Crippen LogP contribution in [0.1, 0.15) is 26.7 Å². The molecule has 1 aliphatic heterocycles. The third kappa shape index (κ3) is 5.19. The van der Waals surface area contributed by atoms with Crippen molar-refractivity contribution in [1.82, 2.24) is 0 Å². The Labute approximate surface area is 73.2 Å². The van der Waals surface area contributed by atoms with Crippen molar-refractivity contribution in [2.45, 2.75) is 31.9 Å². The van der Waals surface area contributed by atoms with Crippen molar-refractivity contribution in [3.63, 3.8) is 0 Å². The van der Waals surface area contributed by atoms with Gasteiger partial charge in [0.25, 0.3) is 0 Å². The molecule has 0 bridgehead atoms. The highest BCUT2D eigenvalue weighted by Crippen LogP contribution is 2.33. The Morgan fingerprint density at radius 1 is 1.64 bits per heavy atom. The van der Waals surface area contributed by atoms with Gasteiger partial charge in [0.15, 0.2) is 0 Å². The van der Waals surface area contributed by atoms with E-state index in [1.165, 1.54) is 24.2 Å². The zero-order chi connectivity index (χ0) is 8.10. The van der Waals surface area contributed by atoms with E-state index in [1.807, 2.05) is 6.26 Å². The summed E-state index contributed by atoms with van der Waals surface area (Å²) in [6.07, 6.45) is 4.39. The molecule has 0 spiro atoms. The lowest BCUT2D eigenvalue weighted by Crippen LogP contribution is -1.91. The van der Waals surface area contributed by atoms with Crippen LogP contribution in [0.25, 0.3) is 0 Å². The molecule has 1 saturated heterocycles. The minimum Gasteiger partial charge on any atom is -0.501 e. The first-order valence-corrected chi connectivity index (χ1v) is 5.20. The van der Waals surface area contributed by atoms with Crippen LogP contribution in [0.2, 0.25) is 0 Å². The maximum absolute atomic E-state index is 5.30. The van der Waals surface area contributed by atoms with Gasteiger partial charge in [-0.2, -0.15) is 11.8 Å². The summed E-state index contributed by atoms with van der Waals surface area (Å²) < 4.78 is 5.30. The van der Waals surface area contributed by atoms with Gasteiger partial charge in [0.05, 0.1) is 12.9 Å². The topological polar surface area (TPSA) is 9.23 Å². The van der Waals surface area contributed by atoms with Crippen LogP contribution in [0.3, 0.4) is 0 Å². The van der Waals surface area contributed by atoms with Gasteiger partial charge in [-0.25, -0.2) is 0 Å². The van der Waals surface area contributed by atoms with E-state index in [0.29, 0.717) is 0 Å². The summed E-state index contributed by atoms with van der Waals surface area (Å²) >= 11 is 2.06. The number of hydrogen-bond donors (Lipinski definition) is 0. The van der Waals surface area contributed by atoms with E-state index in [4.69, 9.17) is 4.74 Å². The summed E-state index contributed by atoms with van der Waals surface area (Å²) in [5, 5.41) is 0.963. The summed E-state index contributed by atoms with van der Waals surface area (Å²) in [6.45, 7) is 5.00. The molecule has 11 heavy (non-hydrogen) atoms. The minimum atomic E-state index is 0.891. The largest absolute Gasteiger partial charge is 0.501 e. The second-order valence-electron chi connectivity index (χ2n) is 3.16. The van der Waals surface area contributed by atoms with Crippen LogP contribution in [0, 0.1) is 0 Å². The van der Waals surface area contributed by atoms with Crippen molar-refractivity contribution < 1.29 is 4.74 Å². The maximum atomic E-state index is 5.30. The molecule has 0 N–H and O–H groups in total. The summed E-state index contributed by atoms with van der Waals surface area (Å²) in [5.74, 6) is 1.38. The Balaban J connectivity index is 1.83.